The van der Waals surface area contributed by atoms with Crippen LogP contribution in [0.2, 0.25) is 10.0 Å². The summed E-state index contributed by atoms with van der Waals surface area (Å²) in [5, 5.41) is 13.3. The van der Waals surface area contributed by atoms with Gasteiger partial charge < -0.3 is 15.3 Å². The maximum Gasteiger partial charge on any atom is 0.255 e. The van der Waals surface area contributed by atoms with E-state index in [-0.39, 0.29) is 18.6 Å². The number of carbonyl (C=O) groups is 1. The molecule has 0 bridgehead atoms. The van der Waals surface area contributed by atoms with E-state index in [1.54, 1.807) is 23.1 Å². The molecule has 1 aromatic rings. The number of aliphatic hydroxyl groups excluding tert-OH is 1. The van der Waals surface area contributed by atoms with Crippen LogP contribution in [0.15, 0.2) is 18.2 Å². The van der Waals surface area contributed by atoms with Crippen molar-refractivity contribution in [3.8, 4) is 0 Å². The van der Waals surface area contributed by atoms with Crippen LogP contribution in [0, 0.1) is 0 Å². The summed E-state index contributed by atoms with van der Waals surface area (Å²) in [6, 6.07) is 5.11. The number of amides is 1. The summed E-state index contributed by atoms with van der Waals surface area (Å²) in [5.74, 6) is -0.172. The number of nitrogens with zero attached hydrogens (tertiary/aromatic N) is 1. The van der Waals surface area contributed by atoms with Gasteiger partial charge in [0.1, 0.15) is 0 Å². The van der Waals surface area contributed by atoms with Crippen LogP contribution in [0.5, 0.6) is 0 Å². The van der Waals surface area contributed by atoms with Gasteiger partial charge in [-0.3, -0.25) is 4.79 Å². The van der Waals surface area contributed by atoms with Gasteiger partial charge in [0.25, 0.3) is 5.91 Å². The van der Waals surface area contributed by atoms with E-state index in [0.29, 0.717) is 28.7 Å². The Balaban J connectivity index is 2.12. The molecule has 0 aromatic heterocycles. The number of hydrogen-bond donors (Lipinski definition) is 2. The molecule has 4 nitrogen and oxygen atoms in total. The number of rotatable bonds is 5. The molecule has 1 aliphatic rings. The first-order valence-corrected chi connectivity index (χ1v) is 7.46. The molecule has 2 rings (SSSR count). The fraction of sp³-hybridized carbons (Fsp3) is 0.500. The van der Waals surface area contributed by atoms with E-state index in [1.807, 2.05) is 0 Å². The molecule has 1 heterocycles. The van der Waals surface area contributed by atoms with Crippen molar-refractivity contribution in [2.45, 2.75) is 18.9 Å². The van der Waals surface area contributed by atoms with Gasteiger partial charge in [0.05, 0.1) is 17.2 Å². The van der Waals surface area contributed by atoms with Gasteiger partial charge in [-0.25, -0.2) is 0 Å². The third-order valence-electron chi connectivity index (χ3n) is 3.42. The first-order valence-electron chi connectivity index (χ1n) is 6.70. The van der Waals surface area contributed by atoms with Crippen LogP contribution in [0.25, 0.3) is 0 Å². The molecule has 0 saturated carbocycles. The molecule has 2 N–H and O–H groups in total. The molecular formula is C14H18Cl2N2O2. The molecule has 1 fully saturated rings. The van der Waals surface area contributed by atoms with E-state index in [9.17, 15) is 4.79 Å². The fourth-order valence-electron chi connectivity index (χ4n) is 2.41. The van der Waals surface area contributed by atoms with Crippen molar-refractivity contribution in [3.63, 3.8) is 0 Å². The van der Waals surface area contributed by atoms with Crippen LogP contribution in [0.4, 0.5) is 0 Å². The molecule has 1 atom stereocenters. The fourth-order valence-corrected chi connectivity index (χ4v) is 2.90. The van der Waals surface area contributed by atoms with E-state index < -0.39 is 0 Å². The Bertz CT molecular complexity index is 476. The van der Waals surface area contributed by atoms with Gasteiger partial charge in [0.15, 0.2) is 0 Å². The largest absolute Gasteiger partial charge is 0.395 e. The zero-order chi connectivity index (χ0) is 14.5. The number of aliphatic hydroxyl groups is 1. The molecule has 1 amide bonds. The summed E-state index contributed by atoms with van der Waals surface area (Å²) in [7, 11) is 0. The summed E-state index contributed by atoms with van der Waals surface area (Å²) in [5.41, 5.74) is 0.419. The Morgan fingerprint density at radius 2 is 2.25 bits per heavy atom. The predicted octanol–water partition coefficient (Wildman–Crippen LogP) is 2.18. The highest BCUT2D eigenvalue weighted by atomic mass is 35.5. The minimum absolute atomic E-state index is 0.0658. The third kappa shape index (κ3) is 3.85. The van der Waals surface area contributed by atoms with Crippen LogP contribution >= 0.6 is 23.2 Å². The minimum atomic E-state index is -0.172. The third-order valence-corrected chi connectivity index (χ3v) is 3.97. The van der Waals surface area contributed by atoms with E-state index in [0.717, 1.165) is 19.4 Å². The summed E-state index contributed by atoms with van der Waals surface area (Å²) in [6.07, 6.45) is 2.16. The second-order valence-corrected chi connectivity index (χ2v) is 5.74. The smallest absolute Gasteiger partial charge is 0.255 e. The Hall–Kier alpha value is -0.810. The maximum absolute atomic E-state index is 12.5. The van der Waals surface area contributed by atoms with Crippen molar-refractivity contribution in [2.24, 2.45) is 0 Å². The van der Waals surface area contributed by atoms with Crippen molar-refractivity contribution in [2.75, 3.05) is 26.2 Å². The van der Waals surface area contributed by atoms with Gasteiger partial charge in [-0.1, -0.05) is 23.2 Å². The lowest BCUT2D eigenvalue weighted by Gasteiger charge is -2.25. The average molecular weight is 317 g/mol. The monoisotopic (exact) mass is 316 g/mol. The van der Waals surface area contributed by atoms with E-state index in [1.165, 1.54) is 0 Å². The summed E-state index contributed by atoms with van der Waals surface area (Å²) in [6.45, 7) is 1.80. The molecule has 1 saturated heterocycles. The summed E-state index contributed by atoms with van der Waals surface area (Å²) in [4.78, 5) is 14.2. The van der Waals surface area contributed by atoms with E-state index in [2.05, 4.69) is 5.32 Å². The molecule has 1 aliphatic heterocycles. The molecule has 20 heavy (non-hydrogen) atoms. The van der Waals surface area contributed by atoms with Gasteiger partial charge in [0.2, 0.25) is 0 Å². The molecule has 0 spiro atoms. The van der Waals surface area contributed by atoms with Gasteiger partial charge in [0, 0.05) is 24.2 Å². The number of hydrogen-bond acceptors (Lipinski definition) is 3. The highest BCUT2D eigenvalue weighted by molar-refractivity contribution is 6.36. The lowest BCUT2D eigenvalue weighted by molar-refractivity contribution is 0.0707. The molecule has 110 valence electrons. The zero-order valence-electron chi connectivity index (χ0n) is 11.1. The van der Waals surface area contributed by atoms with Gasteiger partial charge in [-0.2, -0.15) is 0 Å². The first kappa shape index (κ1) is 15.6. The quantitative estimate of drug-likeness (QED) is 0.875. The highest BCUT2D eigenvalue weighted by Crippen LogP contribution is 2.22. The maximum atomic E-state index is 12.5. The minimum Gasteiger partial charge on any atom is -0.395 e. The van der Waals surface area contributed by atoms with Crippen molar-refractivity contribution in [1.29, 1.82) is 0 Å². The Morgan fingerprint density at radius 3 is 2.85 bits per heavy atom. The van der Waals surface area contributed by atoms with E-state index >= 15 is 0 Å². The van der Waals surface area contributed by atoms with Crippen molar-refractivity contribution < 1.29 is 9.90 Å². The second kappa shape index (κ2) is 7.27. The number of halogens is 2. The van der Waals surface area contributed by atoms with Crippen LogP contribution in [0.3, 0.4) is 0 Å². The number of nitrogens with one attached hydrogen (secondary N) is 1. The van der Waals surface area contributed by atoms with Gasteiger partial charge in [-0.05, 0) is 37.6 Å². The second-order valence-electron chi connectivity index (χ2n) is 4.89. The van der Waals surface area contributed by atoms with Gasteiger partial charge >= 0.3 is 0 Å². The Morgan fingerprint density at radius 1 is 1.45 bits per heavy atom. The molecular weight excluding hydrogens is 299 g/mol. The normalized spacial score (nSPS) is 18.2. The molecule has 0 radical (unpaired) electrons. The zero-order valence-corrected chi connectivity index (χ0v) is 12.6. The van der Waals surface area contributed by atoms with Crippen molar-refractivity contribution >= 4 is 29.1 Å². The lowest BCUT2D eigenvalue weighted by atomic mass is 10.1. The van der Waals surface area contributed by atoms with Crippen LogP contribution in [-0.2, 0) is 0 Å². The van der Waals surface area contributed by atoms with E-state index in [4.69, 9.17) is 28.3 Å². The Labute approximate surface area is 128 Å². The summed E-state index contributed by atoms with van der Waals surface area (Å²) >= 11 is 11.9. The Kier molecular flexibility index (Phi) is 5.66. The highest BCUT2D eigenvalue weighted by Gasteiger charge is 2.23. The molecule has 1 aromatic carbocycles. The first-order chi connectivity index (χ1) is 9.61. The van der Waals surface area contributed by atoms with Crippen LogP contribution < -0.4 is 5.32 Å². The molecule has 6 heteroatoms. The van der Waals surface area contributed by atoms with Crippen molar-refractivity contribution in [1.82, 2.24) is 10.2 Å². The van der Waals surface area contributed by atoms with Crippen molar-refractivity contribution in [3.05, 3.63) is 33.8 Å². The topological polar surface area (TPSA) is 52.6 Å². The summed E-state index contributed by atoms with van der Waals surface area (Å²) < 4.78 is 0. The number of carbonyl (C=O) groups excluding carboxylic acids is 1. The molecule has 0 aliphatic carbocycles. The standard InChI is InChI=1S/C14H18Cl2N2O2/c15-10-3-4-12(13(16)8-10)14(20)18(6-7-19)9-11-2-1-5-17-11/h3-4,8,11,17,19H,1-2,5-7,9H2. The van der Waals surface area contributed by atoms with Crippen LogP contribution in [0.1, 0.15) is 23.2 Å². The average Bonchev–Trinajstić information content (AvgIpc) is 2.90. The SMILES string of the molecule is O=C(c1ccc(Cl)cc1Cl)N(CCO)CC1CCCN1. The van der Waals surface area contributed by atoms with Crippen LogP contribution in [-0.4, -0.2) is 48.2 Å². The number of benzene rings is 1. The predicted molar refractivity (Wildman–Crippen MR) is 80.5 cm³/mol. The molecule has 1 unspecified atom stereocenters. The van der Waals surface area contributed by atoms with Gasteiger partial charge in [-0.15, -0.1) is 0 Å². The lowest BCUT2D eigenvalue weighted by Crippen LogP contribution is -2.42.